The van der Waals surface area contributed by atoms with Crippen molar-refractivity contribution in [3.05, 3.63) is 29.3 Å². The second-order valence-corrected chi connectivity index (χ2v) is 4.24. The minimum absolute atomic E-state index is 0.0668. The zero-order valence-corrected chi connectivity index (χ0v) is 9.50. The Morgan fingerprint density at radius 2 is 1.07 bits per heavy atom. The summed E-state index contributed by atoms with van der Waals surface area (Å²) in [4.78, 5) is 0. The predicted molar refractivity (Wildman–Crippen MR) is 41.8 cm³/mol. The fraction of sp³-hybridized carbons (Fsp3) is 0.250. The Kier molecular flexibility index (Phi) is 3.42. The second-order valence-electron chi connectivity index (χ2n) is 3.08. The molecule has 1 aromatic rings. The van der Waals surface area contributed by atoms with E-state index in [0.717, 1.165) is 12.1 Å². The topological polar surface area (TPSA) is 0 Å². The molecule has 0 fully saturated rings. The predicted octanol–water partition coefficient (Wildman–Crippen LogP) is 2.52. The molecule has 1 aromatic carbocycles. The van der Waals surface area contributed by atoms with Crippen molar-refractivity contribution in [3.8, 4) is 0 Å². The van der Waals surface area contributed by atoms with Crippen molar-refractivity contribution in [2.45, 2.75) is 12.4 Å². The van der Waals surface area contributed by atoms with Gasteiger partial charge < -0.3 is 0 Å². The van der Waals surface area contributed by atoms with Gasteiger partial charge in [0.25, 0.3) is 0 Å². The van der Waals surface area contributed by atoms with Gasteiger partial charge in [-0.25, -0.2) is 0 Å². The summed E-state index contributed by atoms with van der Waals surface area (Å²) in [6.07, 6.45) is -9.47. The molecule has 7 heteroatoms. The molecular weight excluding hydrogens is 233 g/mol. The van der Waals surface area contributed by atoms with Crippen LogP contribution in [0.3, 0.4) is 0 Å². The molecule has 78 valence electrons. The molecule has 0 aromatic heterocycles. The maximum atomic E-state index is 12.2. The van der Waals surface area contributed by atoms with Crippen LogP contribution in [0.15, 0.2) is 18.2 Å². The number of halogens is 6. The normalized spacial score (nSPS) is 13.1. The molecule has 0 bridgehead atoms. The molecule has 0 N–H and O–H groups in total. The Hall–Kier alpha value is -0.200. The van der Waals surface area contributed by atoms with Crippen LogP contribution in [-0.4, -0.2) is 27.9 Å². The standard InChI is InChI=1S/C8H3F6.Na/c9-7(10,11)5-2-1-3-6(4-5)8(12,13)14;/h2-4H;. The van der Waals surface area contributed by atoms with Crippen LogP contribution in [0.4, 0.5) is 26.3 Å². The van der Waals surface area contributed by atoms with Gasteiger partial charge in [0.2, 0.25) is 0 Å². The number of hydrogen-bond donors (Lipinski definition) is 0. The molecule has 0 unspecified atom stereocenters. The Labute approximate surface area is 98.7 Å². The molecule has 15 heavy (non-hydrogen) atoms. The fourth-order valence-corrected chi connectivity index (χ4v) is 1.73. The van der Waals surface area contributed by atoms with E-state index in [4.69, 9.17) is 0 Å². The zero-order valence-electron chi connectivity index (χ0n) is 7.50. The monoisotopic (exact) mass is 236 g/mol. The van der Waals surface area contributed by atoms with Gasteiger partial charge in [-0.2, -0.15) is 0 Å². The van der Waals surface area contributed by atoms with Gasteiger partial charge in [-0.05, 0) is 0 Å². The molecule has 0 spiro atoms. The summed E-state index contributed by atoms with van der Waals surface area (Å²) in [6.45, 7) is 0. The van der Waals surface area contributed by atoms with E-state index >= 15 is 0 Å². The van der Waals surface area contributed by atoms with Crippen molar-refractivity contribution in [1.82, 2.24) is 0 Å². The Balaban J connectivity index is 3.30. The summed E-state index contributed by atoms with van der Waals surface area (Å²) in [5.41, 5.74) is -2.50. The zero-order chi connectivity index (χ0) is 11.9. The summed E-state index contributed by atoms with van der Waals surface area (Å²) in [7, 11) is 0. The Bertz CT molecular complexity index is 332. The molecular formula is C8H3F6Na. The Morgan fingerprint density at radius 3 is 1.33 bits per heavy atom. The molecule has 0 amide bonds. The third-order valence-corrected chi connectivity index (χ3v) is 2.31. The van der Waals surface area contributed by atoms with Gasteiger partial charge in [0.05, 0.1) is 0 Å². The van der Waals surface area contributed by atoms with Crippen LogP contribution in [0.25, 0.3) is 0 Å². The molecule has 0 aliphatic rings. The van der Waals surface area contributed by atoms with E-state index in [0.29, 0.717) is 0 Å². The van der Waals surface area contributed by atoms with Gasteiger partial charge >= 0.3 is 98.8 Å². The van der Waals surface area contributed by atoms with Gasteiger partial charge in [0, 0.05) is 0 Å². The first-order chi connectivity index (χ1) is 6.60. The van der Waals surface area contributed by atoms with Crippen molar-refractivity contribution in [1.29, 1.82) is 0 Å². The summed E-state index contributed by atoms with van der Waals surface area (Å²) in [6, 6.07) is 1.60. The van der Waals surface area contributed by atoms with Crippen molar-refractivity contribution in [2.24, 2.45) is 0 Å². The first-order valence-electron chi connectivity index (χ1n) is 3.87. The number of rotatable bonds is 0. The molecule has 0 saturated heterocycles. The third kappa shape index (κ3) is 3.39. The summed E-state index contributed by atoms with van der Waals surface area (Å²) < 4.78 is 73.2. The second kappa shape index (κ2) is 3.99. The van der Waals surface area contributed by atoms with Gasteiger partial charge in [-0.1, -0.05) is 0 Å². The van der Waals surface area contributed by atoms with Crippen LogP contribution in [0, 0.1) is 0 Å². The van der Waals surface area contributed by atoms with E-state index in [1.165, 1.54) is 0 Å². The first kappa shape index (κ1) is 12.9. The van der Waals surface area contributed by atoms with E-state index < -0.39 is 23.5 Å². The number of benzene rings is 1. The van der Waals surface area contributed by atoms with E-state index in [1.54, 1.807) is 0 Å². The van der Waals surface area contributed by atoms with Crippen molar-refractivity contribution in [3.63, 3.8) is 0 Å². The maximum absolute atomic E-state index is 12.2. The number of hydrogen-bond acceptors (Lipinski definition) is 0. The van der Waals surface area contributed by atoms with Gasteiger partial charge in [-0.3, -0.25) is 0 Å². The molecule has 1 rings (SSSR count). The molecule has 0 heterocycles. The quantitative estimate of drug-likeness (QED) is 0.479. The molecule has 0 saturated carbocycles. The van der Waals surface area contributed by atoms with Crippen LogP contribution in [0.2, 0.25) is 0 Å². The SMILES string of the molecule is FC(F)(F)c1c[c]([Na])cc(C(F)(F)F)c1. The van der Waals surface area contributed by atoms with Crippen LogP contribution >= 0.6 is 0 Å². The summed E-state index contributed by atoms with van der Waals surface area (Å²) in [5.74, 6) is 0. The van der Waals surface area contributed by atoms with Crippen LogP contribution in [-0.2, 0) is 12.4 Å². The molecule has 0 aliphatic heterocycles. The van der Waals surface area contributed by atoms with Gasteiger partial charge in [0.1, 0.15) is 0 Å². The first-order valence-corrected chi connectivity index (χ1v) is 4.87. The summed E-state index contributed by atoms with van der Waals surface area (Å²) in [5, 5.41) is 0. The Morgan fingerprint density at radius 1 is 0.733 bits per heavy atom. The van der Waals surface area contributed by atoms with Crippen molar-refractivity contribution >= 4 is 30.7 Å². The van der Waals surface area contributed by atoms with Crippen molar-refractivity contribution in [2.75, 3.05) is 0 Å². The van der Waals surface area contributed by atoms with E-state index in [9.17, 15) is 26.3 Å². The third-order valence-electron chi connectivity index (χ3n) is 1.73. The summed E-state index contributed by atoms with van der Waals surface area (Å²) >= 11 is 0.138. The average molecular weight is 236 g/mol. The van der Waals surface area contributed by atoms with Crippen molar-refractivity contribution < 1.29 is 26.3 Å². The van der Waals surface area contributed by atoms with Gasteiger partial charge in [-0.15, -0.1) is 0 Å². The van der Waals surface area contributed by atoms with E-state index in [2.05, 4.69) is 0 Å². The number of alkyl halides is 6. The molecule has 0 radical (unpaired) electrons. The van der Waals surface area contributed by atoms with Crippen LogP contribution in [0.1, 0.15) is 11.1 Å². The van der Waals surface area contributed by atoms with E-state index in [1.807, 2.05) is 0 Å². The van der Waals surface area contributed by atoms with Crippen LogP contribution < -0.4 is 2.81 Å². The fourth-order valence-electron chi connectivity index (χ4n) is 1.11. The average Bonchev–Trinajstić information content (AvgIpc) is 1.99. The molecule has 0 aliphatic carbocycles. The van der Waals surface area contributed by atoms with Crippen LogP contribution in [0.5, 0.6) is 0 Å². The minimum atomic E-state index is -4.74. The van der Waals surface area contributed by atoms with E-state index in [-0.39, 0.29) is 36.8 Å². The molecule has 0 nitrogen and oxygen atoms in total. The van der Waals surface area contributed by atoms with Gasteiger partial charge in [0.15, 0.2) is 0 Å². The molecule has 0 atom stereocenters.